The fourth-order valence-corrected chi connectivity index (χ4v) is 5.10. The lowest BCUT2D eigenvalue weighted by atomic mass is 10.3. The molecule has 0 unspecified atom stereocenters. The third-order valence-electron chi connectivity index (χ3n) is 4.53. The number of benzene rings is 2. The lowest BCUT2D eigenvalue weighted by molar-refractivity contribution is -0.384. The minimum absolute atomic E-state index is 0.00909. The molecule has 12 heteroatoms. The molecule has 1 heterocycles. The van der Waals surface area contributed by atoms with Crippen molar-refractivity contribution < 1.29 is 22.9 Å². The maximum Gasteiger partial charge on any atom is 0.273 e. The van der Waals surface area contributed by atoms with Crippen LogP contribution in [-0.4, -0.2) is 46.0 Å². The largest absolute Gasteiger partial charge is 0.484 e. The fourth-order valence-electron chi connectivity index (χ4n) is 2.75. The van der Waals surface area contributed by atoms with Gasteiger partial charge in [0.15, 0.2) is 6.61 Å². The molecule has 33 heavy (non-hydrogen) atoms. The van der Waals surface area contributed by atoms with Gasteiger partial charge in [-0.2, -0.15) is 0 Å². The zero-order chi connectivity index (χ0) is 23.8. The van der Waals surface area contributed by atoms with Crippen LogP contribution in [0.3, 0.4) is 0 Å². The van der Waals surface area contributed by atoms with Crippen LogP contribution in [0.25, 0.3) is 0 Å². The first-order valence-corrected chi connectivity index (χ1v) is 12.1. The molecule has 3 aromatic rings. The standard InChI is InChI=1S/C21H22N4O6S2/c1-24(33(29,30)21-3-2-14-32-21)17-8-10-19(11-9-17)31-15-20(26)23-13-12-22-16-4-6-18(7-5-16)25(27)28/h2-11,14,22H,12-13,15H2,1H3,(H,23,26). The van der Waals surface area contributed by atoms with E-state index in [0.29, 0.717) is 30.2 Å². The van der Waals surface area contributed by atoms with Crippen LogP contribution in [-0.2, 0) is 14.8 Å². The van der Waals surface area contributed by atoms with Crippen LogP contribution < -0.4 is 19.7 Å². The molecular formula is C21H22N4O6S2. The Morgan fingerprint density at radius 2 is 1.79 bits per heavy atom. The maximum atomic E-state index is 12.6. The minimum Gasteiger partial charge on any atom is -0.484 e. The molecule has 1 aromatic heterocycles. The average molecular weight is 491 g/mol. The zero-order valence-corrected chi connectivity index (χ0v) is 19.3. The number of carbonyl (C=O) groups is 1. The Bertz CT molecular complexity index is 1180. The van der Waals surface area contributed by atoms with Gasteiger partial charge in [0.1, 0.15) is 9.96 Å². The van der Waals surface area contributed by atoms with E-state index in [1.165, 1.54) is 23.5 Å². The highest BCUT2D eigenvalue weighted by molar-refractivity contribution is 7.94. The van der Waals surface area contributed by atoms with Crippen molar-refractivity contribution in [2.45, 2.75) is 4.21 Å². The predicted molar refractivity (Wildman–Crippen MR) is 126 cm³/mol. The summed E-state index contributed by atoms with van der Waals surface area (Å²) in [5, 5.41) is 18.1. The molecule has 0 bridgehead atoms. The van der Waals surface area contributed by atoms with Gasteiger partial charge in [-0.05, 0) is 47.8 Å². The van der Waals surface area contributed by atoms with E-state index < -0.39 is 14.9 Å². The minimum atomic E-state index is -3.62. The van der Waals surface area contributed by atoms with E-state index in [0.717, 1.165) is 11.3 Å². The highest BCUT2D eigenvalue weighted by Crippen LogP contribution is 2.26. The summed E-state index contributed by atoms with van der Waals surface area (Å²) in [4.78, 5) is 22.1. The van der Waals surface area contributed by atoms with Gasteiger partial charge < -0.3 is 15.4 Å². The molecule has 0 saturated heterocycles. The number of nitro benzene ring substituents is 1. The van der Waals surface area contributed by atoms with E-state index >= 15 is 0 Å². The first kappa shape index (κ1) is 24.0. The van der Waals surface area contributed by atoms with Gasteiger partial charge in [0.05, 0.1) is 10.6 Å². The van der Waals surface area contributed by atoms with E-state index in [2.05, 4.69) is 10.6 Å². The van der Waals surface area contributed by atoms with Crippen LogP contribution in [0.15, 0.2) is 70.3 Å². The number of non-ortho nitro benzene ring substituents is 1. The highest BCUT2D eigenvalue weighted by atomic mass is 32.2. The van der Waals surface area contributed by atoms with Gasteiger partial charge in [0.25, 0.3) is 21.6 Å². The van der Waals surface area contributed by atoms with Crippen molar-refractivity contribution >= 4 is 44.3 Å². The predicted octanol–water partition coefficient (Wildman–Crippen LogP) is 3.09. The summed E-state index contributed by atoms with van der Waals surface area (Å²) in [6.45, 7) is 0.576. The Hall–Kier alpha value is -3.64. The van der Waals surface area contributed by atoms with Crippen molar-refractivity contribution in [2.24, 2.45) is 0 Å². The summed E-state index contributed by atoms with van der Waals surface area (Å²) < 4.78 is 32.0. The second-order valence-corrected chi connectivity index (χ2v) is 9.91. The molecule has 1 amide bonds. The van der Waals surface area contributed by atoms with Crippen LogP contribution in [0.1, 0.15) is 0 Å². The Labute approximate surface area is 195 Å². The lowest BCUT2D eigenvalue weighted by Gasteiger charge is -2.18. The molecule has 0 fully saturated rings. The first-order valence-electron chi connectivity index (χ1n) is 9.78. The molecule has 0 spiro atoms. The number of sulfonamides is 1. The molecule has 174 valence electrons. The number of nitrogens with one attached hydrogen (secondary N) is 2. The monoisotopic (exact) mass is 490 g/mol. The number of anilines is 2. The van der Waals surface area contributed by atoms with Crippen molar-refractivity contribution in [3.8, 4) is 5.75 Å². The van der Waals surface area contributed by atoms with Gasteiger partial charge in [-0.15, -0.1) is 11.3 Å². The maximum absolute atomic E-state index is 12.6. The second-order valence-electron chi connectivity index (χ2n) is 6.77. The molecule has 0 aliphatic heterocycles. The third-order valence-corrected chi connectivity index (χ3v) is 7.69. The number of nitrogens with zero attached hydrogens (tertiary/aromatic N) is 2. The molecule has 0 radical (unpaired) electrons. The van der Waals surface area contributed by atoms with Gasteiger partial charge in [-0.25, -0.2) is 8.42 Å². The van der Waals surface area contributed by atoms with E-state index in [1.54, 1.807) is 53.9 Å². The molecule has 2 N–H and O–H groups in total. The summed E-state index contributed by atoms with van der Waals surface area (Å²) >= 11 is 1.15. The van der Waals surface area contributed by atoms with Crippen molar-refractivity contribution in [3.05, 3.63) is 76.2 Å². The number of rotatable bonds is 11. The first-order chi connectivity index (χ1) is 15.8. The summed E-state index contributed by atoms with van der Waals surface area (Å²) in [6, 6.07) is 15.6. The van der Waals surface area contributed by atoms with E-state index in [1.807, 2.05) is 0 Å². The van der Waals surface area contributed by atoms with Gasteiger partial charge in [-0.3, -0.25) is 19.2 Å². The average Bonchev–Trinajstić information content (AvgIpc) is 3.37. The number of nitro groups is 1. The third kappa shape index (κ3) is 6.43. The number of ether oxygens (including phenoxy) is 1. The quantitative estimate of drug-likeness (QED) is 0.240. The number of amides is 1. The smallest absolute Gasteiger partial charge is 0.273 e. The van der Waals surface area contributed by atoms with Crippen molar-refractivity contribution in [1.82, 2.24) is 5.32 Å². The van der Waals surface area contributed by atoms with Gasteiger partial charge in [0.2, 0.25) is 0 Å². The Morgan fingerprint density at radius 1 is 1.09 bits per heavy atom. The molecule has 2 aromatic carbocycles. The topological polar surface area (TPSA) is 131 Å². The number of hydrogen-bond donors (Lipinski definition) is 2. The van der Waals surface area contributed by atoms with E-state index in [4.69, 9.17) is 4.74 Å². The van der Waals surface area contributed by atoms with Crippen molar-refractivity contribution in [1.29, 1.82) is 0 Å². The molecule has 3 rings (SSSR count). The normalized spacial score (nSPS) is 10.9. The Morgan fingerprint density at radius 3 is 2.39 bits per heavy atom. The van der Waals surface area contributed by atoms with Gasteiger partial charge >= 0.3 is 0 Å². The molecule has 0 atom stereocenters. The van der Waals surface area contributed by atoms with Crippen molar-refractivity contribution in [3.63, 3.8) is 0 Å². The van der Waals surface area contributed by atoms with Crippen molar-refractivity contribution in [2.75, 3.05) is 36.4 Å². The van der Waals surface area contributed by atoms with Crippen LogP contribution >= 0.6 is 11.3 Å². The Kier molecular flexibility index (Phi) is 7.85. The summed E-state index contributed by atoms with van der Waals surface area (Å²) in [5.74, 6) is 0.113. The number of carbonyl (C=O) groups excluding carboxylic acids is 1. The number of thiophene rings is 1. The zero-order valence-electron chi connectivity index (χ0n) is 17.6. The molecule has 0 aliphatic carbocycles. The van der Waals surface area contributed by atoms with Crippen LogP contribution in [0.5, 0.6) is 5.75 Å². The van der Waals surface area contributed by atoms with Gasteiger partial charge in [-0.1, -0.05) is 6.07 Å². The second kappa shape index (κ2) is 10.8. The lowest BCUT2D eigenvalue weighted by Crippen LogP contribution is -2.32. The van der Waals surface area contributed by atoms with Gasteiger partial charge in [0, 0.05) is 38.0 Å². The summed E-state index contributed by atoms with van der Waals surface area (Å²) in [7, 11) is -2.14. The molecule has 10 nitrogen and oxygen atoms in total. The summed E-state index contributed by atoms with van der Waals surface area (Å²) in [5.41, 5.74) is 1.18. The molecule has 0 saturated carbocycles. The Balaban J connectivity index is 1.41. The highest BCUT2D eigenvalue weighted by Gasteiger charge is 2.22. The SMILES string of the molecule is CN(c1ccc(OCC(=O)NCCNc2ccc([N+](=O)[O-])cc2)cc1)S(=O)(=O)c1cccs1. The number of hydrogen-bond acceptors (Lipinski definition) is 8. The fraction of sp³-hybridized carbons (Fsp3) is 0.190. The van der Waals surface area contributed by atoms with E-state index in [-0.39, 0.29) is 22.4 Å². The van der Waals surface area contributed by atoms with E-state index in [9.17, 15) is 23.3 Å². The molecule has 0 aliphatic rings. The van der Waals surface area contributed by atoms with Crippen LogP contribution in [0.4, 0.5) is 17.1 Å². The van der Waals surface area contributed by atoms with Crippen LogP contribution in [0.2, 0.25) is 0 Å². The summed E-state index contributed by atoms with van der Waals surface area (Å²) in [6.07, 6.45) is 0. The molecular weight excluding hydrogens is 468 g/mol. The van der Waals surface area contributed by atoms with Crippen LogP contribution in [0, 0.1) is 10.1 Å².